The summed E-state index contributed by atoms with van der Waals surface area (Å²) < 4.78 is 0. The van der Waals surface area contributed by atoms with Crippen LogP contribution in [0.15, 0.2) is 40.4 Å². The van der Waals surface area contributed by atoms with Crippen molar-refractivity contribution in [2.24, 2.45) is 5.73 Å². The molecule has 2 aromatic rings. The molecule has 0 bridgehead atoms. The van der Waals surface area contributed by atoms with Gasteiger partial charge in [0.05, 0.1) is 6.04 Å². The number of nitrogens with zero attached hydrogens (tertiary/aromatic N) is 2. The van der Waals surface area contributed by atoms with Crippen molar-refractivity contribution in [3.63, 3.8) is 0 Å². The molecule has 0 fully saturated rings. The number of hydrogen-bond acceptors (Lipinski definition) is 5. The number of aryl methyl sites for hydroxylation is 2. The third kappa shape index (κ3) is 5.29. The highest BCUT2D eigenvalue weighted by Crippen LogP contribution is 2.26. The highest BCUT2D eigenvalue weighted by atomic mass is 35.5. The molecular weight excluding hydrogens is 320 g/mol. The molecular formula is C15H19ClN4OS. The van der Waals surface area contributed by atoms with Gasteiger partial charge in [0.15, 0.2) is 5.16 Å². The van der Waals surface area contributed by atoms with Gasteiger partial charge in [0.25, 0.3) is 0 Å². The lowest BCUT2D eigenvalue weighted by molar-refractivity contribution is -0.117. The second-order valence-electron chi connectivity index (χ2n) is 4.84. The van der Waals surface area contributed by atoms with Gasteiger partial charge in [-0.05, 0) is 62.9 Å². The van der Waals surface area contributed by atoms with E-state index >= 15 is 0 Å². The van der Waals surface area contributed by atoms with Gasteiger partial charge < -0.3 is 11.1 Å². The fourth-order valence-electron chi connectivity index (χ4n) is 1.71. The molecule has 0 radical (unpaired) electrons. The van der Waals surface area contributed by atoms with Gasteiger partial charge in [-0.2, -0.15) is 0 Å². The van der Waals surface area contributed by atoms with E-state index < -0.39 is 6.04 Å². The number of carbonyl (C=O) groups excluding carboxylic acids is 1. The summed E-state index contributed by atoms with van der Waals surface area (Å²) >= 11 is 1.49. The first kappa shape index (κ1) is 18.4. The van der Waals surface area contributed by atoms with Gasteiger partial charge in [-0.25, -0.2) is 9.97 Å². The van der Waals surface area contributed by atoms with Crippen LogP contribution in [0.5, 0.6) is 0 Å². The van der Waals surface area contributed by atoms with E-state index in [0.717, 1.165) is 27.1 Å². The van der Waals surface area contributed by atoms with Gasteiger partial charge in [0, 0.05) is 22.0 Å². The predicted octanol–water partition coefficient (Wildman–Crippen LogP) is 2.95. The Kier molecular flexibility index (Phi) is 6.80. The molecule has 5 nitrogen and oxygen atoms in total. The van der Waals surface area contributed by atoms with Crippen LogP contribution in [0.3, 0.4) is 0 Å². The second kappa shape index (κ2) is 8.12. The van der Waals surface area contributed by atoms with Crippen molar-refractivity contribution in [1.82, 2.24) is 9.97 Å². The van der Waals surface area contributed by atoms with Crippen molar-refractivity contribution >= 4 is 35.8 Å². The number of nitrogens with two attached hydrogens (primary N) is 1. The van der Waals surface area contributed by atoms with Crippen molar-refractivity contribution in [1.29, 1.82) is 0 Å². The Morgan fingerprint density at radius 3 is 2.23 bits per heavy atom. The van der Waals surface area contributed by atoms with Crippen LogP contribution in [0.4, 0.5) is 5.69 Å². The number of halogens is 1. The lowest BCUT2D eigenvalue weighted by Gasteiger charge is -2.08. The van der Waals surface area contributed by atoms with Gasteiger partial charge >= 0.3 is 0 Å². The molecule has 2 rings (SSSR count). The molecule has 1 aromatic heterocycles. The minimum absolute atomic E-state index is 0. The molecule has 1 amide bonds. The molecule has 0 aliphatic heterocycles. The number of carbonyl (C=O) groups is 1. The smallest absolute Gasteiger partial charge is 0.240 e. The average Bonchev–Trinajstić information content (AvgIpc) is 2.39. The minimum Gasteiger partial charge on any atom is -0.325 e. The maximum atomic E-state index is 11.5. The van der Waals surface area contributed by atoms with Crippen molar-refractivity contribution in [2.45, 2.75) is 36.9 Å². The van der Waals surface area contributed by atoms with E-state index in [2.05, 4.69) is 15.3 Å². The fourth-order valence-corrected chi connectivity index (χ4v) is 2.57. The summed E-state index contributed by atoms with van der Waals surface area (Å²) in [4.78, 5) is 21.3. The molecule has 0 saturated heterocycles. The molecule has 118 valence electrons. The lowest BCUT2D eigenvalue weighted by Crippen LogP contribution is -2.32. The summed E-state index contributed by atoms with van der Waals surface area (Å²) in [6.45, 7) is 5.55. The topological polar surface area (TPSA) is 80.9 Å². The summed E-state index contributed by atoms with van der Waals surface area (Å²) in [5.41, 5.74) is 8.14. The van der Waals surface area contributed by atoms with E-state index in [0.29, 0.717) is 0 Å². The second-order valence-corrected chi connectivity index (χ2v) is 5.88. The zero-order valence-electron chi connectivity index (χ0n) is 12.7. The first-order valence-corrected chi connectivity index (χ1v) is 7.42. The summed E-state index contributed by atoms with van der Waals surface area (Å²) in [7, 11) is 0. The zero-order valence-corrected chi connectivity index (χ0v) is 14.3. The molecule has 1 heterocycles. The van der Waals surface area contributed by atoms with Crippen LogP contribution in [0.2, 0.25) is 0 Å². The molecule has 0 aliphatic carbocycles. The Morgan fingerprint density at radius 1 is 1.18 bits per heavy atom. The van der Waals surface area contributed by atoms with E-state index in [9.17, 15) is 4.79 Å². The average molecular weight is 339 g/mol. The number of amides is 1. The van der Waals surface area contributed by atoms with E-state index in [1.807, 2.05) is 44.2 Å². The van der Waals surface area contributed by atoms with Crippen LogP contribution >= 0.6 is 24.2 Å². The Bertz CT molecular complexity index is 626. The number of benzene rings is 1. The maximum Gasteiger partial charge on any atom is 0.240 e. The molecule has 1 aromatic carbocycles. The van der Waals surface area contributed by atoms with Gasteiger partial charge in [0.1, 0.15) is 0 Å². The van der Waals surface area contributed by atoms with Gasteiger partial charge in [-0.3, -0.25) is 4.79 Å². The molecule has 0 unspecified atom stereocenters. The predicted molar refractivity (Wildman–Crippen MR) is 91.6 cm³/mol. The number of nitrogens with one attached hydrogen (secondary N) is 1. The maximum absolute atomic E-state index is 11.5. The number of anilines is 1. The normalized spacial score (nSPS) is 11.5. The number of hydrogen-bond donors (Lipinski definition) is 2. The molecule has 0 saturated carbocycles. The Labute approximate surface area is 140 Å². The van der Waals surface area contributed by atoms with Crippen LogP contribution < -0.4 is 11.1 Å². The largest absolute Gasteiger partial charge is 0.325 e. The summed E-state index contributed by atoms with van der Waals surface area (Å²) in [5.74, 6) is -0.201. The van der Waals surface area contributed by atoms with E-state index in [-0.39, 0.29) is 18.3 Å². The Morgan fingerprint density at radius 2 is 1.73 bits per heavy atom. The van der Waals surface area contributed by atoms with Gasteiger partial charge in [-0.15, -0.1) is 12.4 Å². The molecule has 7 heteroatoms. The molecule has 1 atom stereocenters. The zero-order chi connectivity index (χ0) is 15.4. The Hall–Kier alpha value is -1.63. The van der Waals surface area contributed by atoms with Crippen LogP contribution in [-0.4, -0.2) is 21.9 Å². The van der Waals surface area contributed by atoms with Crippen LogP contribution in [-0.2, 0) is 4.79 Å². The van der Waals surface area contributed by atoms with E-state index in [1.54, 1.807) is 6.92 Å². The number of rotatable bonds is 4. The fraction of sp³-hybridized carbons (Fsp3) is 0.267. The van der Waals surface area contributed by atoms with Crippen molar-refractivity contribution in [2.75, 3.05) is 5.32 Å². The van der Waals surface area contributed by atoms with Crippen LogP contribution in [0.1, 0.15) is 18.3 Å². The monoisotopic (exact) mass is 338 g/mol. The minimum atomic E-state index is -0.525. The summed E-state index contributed by atoms with van der Waals surface area (Å²) in [6, 6.07) is 8.93. The first-order chi connectivity index (χ1) is 9.94. The van der Waals surface area contributed by atoms with Gasteiger partial charge in [0.2, 0.25) is 5.91 Å². The van der Waals surface area contributed by atoms with Crippen molar-refractivity contribution < 1.29 is 4.79 Å². The summed E-state index contributed by atoms with van der Waals surface area (Å²) in [5, 5.41) is 3.47. The first-order valence-electron chi connectivity index (χ1n) is 6.60. The molecule has 22 heavy (non-hydrogen) atoms. The quantitative estimate of drug-likeness (QED) is 0.838. The van der Waals surface area contributed by atoms with Crippen LogP contribution in [0, 0.1) is 13.8 Å². The third-order valence-corrected chi connectivity index (χ3v) is 3.58. The lowest BCUT2D eigenvalue weighted by atomic mass is 10.3. The van der Waals surface area contributed by atoms with Gasteiger partial charge in [-0.1, -0.05) is 0 Å². The van der Waals surface area contributed by atoms with E-state index in [1.165, 1.54) is 11.8 Å². The van der Waals surface area contributed by atoms with Crippen LogP contribution in [0.25, 0.3) is 0 Å². The molecule has 0 aliphatic rings. The standard InChI is InChI=1S/C15H18N4OS.ClH/c1-9-8-10(2)18-15(17-9)21-13-6-4-12(5-7-13)19-14(20)11(3)16;/h4-8,11H,16H2,1-3H3,(H,19,20);1H/t11-;/m0./s1. The third-order valence-electron chi connectivity index (χ3n) is 2.71. The number of aromatic nitrogens is 2. The van der Waals surface area contributed by atoms with Crippen molar-refractivity contribution in [3.05, 3.63) is 41.7 Å². The molecule has 3 N–H and O–H groups in total. The highest BCUT2D eigenvalue weighted by Gasteiger charge is 2.08. The van der Waals surface area contributed by atoms with Crippen molar-refractivity contribution in [3.8, 4) is 0 Å². The Balaban J connectivity index is 0.00000242. The summed E-state index contributed by atoms with van der Waals surface area (Å²) in [6.07, 6.45) is 0. The molecule has 0 spiro atoms. The highest BCUT2D eigenvalue weighted by molar-refractivity contribution is 7.99. The van der Waals surface area contributed by atoms with E-state index in [4.69, 9.17) is 5.73 Å². The SMILES string of the molecule is Cc1cc(C)nc(Sc2ccc(NC(=O)[C@H](C)N)cc2)n1.Cl.